The molecule has 0 bridgehead atoms. The van der Waals surface area contributed by atoms with E-state index in [4.69, 9.17) is 16.7 Å². The number of rotatable bonds is 2. The van der Waals surface area contributed by atoms with E-state index >= 15 is 0 Å². The predicted molar refractivity (Wildman–Crippen MR) is 65.5 cm³/mol. The van der Waals surface area contributed by atoms with E-state index in [0.717, 1.165) is 18.2 Å². The Morgan fingerprint density at radius 3 is 2.50 bits per heavy atom. The van der Waals surface area contributed by atoms with Gasteiger partial charge in [-0.25, -0.2) is 9.18 Å². The molecule has 2 rings (SSSR count). The molecule has 2 N–H and O–H groups in total. The van der Waals surface area contributed by atoms with Gasteiger partial charge in [-0.2, -0.15) is 0 Å². The molecule has 0 saturated carbocycles. The van der Waals surface area contributed by atoms with E-state index in [2.05, 4.69) is 0 Å². The Morgan fingerprint density at radius 2 is 1.83 bits per heavy atom. The van der Waals surface area contributed by atoms with E-state index in [0.29, 0.717) is 0 Å². The summed E-state index contributed by atoms with van der Waals surface area (Å²) in [6, 6.07) is 7.37. The number of carboxylic acid groups (broad SMARTS) is 1. The Morgan fingerprint density at radius 1 is 1.11 bits per heavy atom. The van der Waals surface area contributed by atoms with Crippen molar-refractivity contribution in [1.82, 2.24) is 0 Å². The molecule has 0 fully saturated rings. The minimum absolute atomic E-state index is 0.0741. The van der Waals surface area contributed by atoms with Crippen LogP contribution >= 0.6 is 11.6 Å². The monoisotopic (exact) mass is 266 g/mol. The molecular weight excluding hydrogens is 259 g/mol. The molecule has 0 aromatic heterocycles. The SMILES string of the molecule is O=C(O)c1ccc(F)cc1-c1cc(O)ccc1Cl. The zero-order chi connectivity index (χ0) is 13.3. The Balaban J connectivity index is 2.73. The van der Waals surface area contributed by atoms with Gasteiger partial charge in [0.05, 0.1) is 5.56 Å². The van der Waals surface area contributed by atoms with E-state index < -0.39 is 11.8 Å². The van der Waals surface area contributed by atoms with Gasteiger partial charge >= 0.3 is 5.97 Å². The van der Waals surface area contributed by atoms with Crippen LogP contribution < -0.4 is 0 Å². The molecule has 2 aromatic carbocycles. The van der Waals surface area contributed by atoms with Crippen LogP contribution in [0.1, 0.15) is 10.4 Å². The van der Waals surface area contributed by atoms with Gasteiger partial charge in [-0.1, -0.05) is 11.6 Å². The van der Waals surface area contributed by atoms with Gasteiger partial charge in [0.2, 0.25) is 0 Å². The minimum Gasteiger partial charge on any atom is -0.508 e. The van der Waals surface area contributed by atoms with Crippen molar-refractivity contribution in [3.8, 4) is 16.9 Å². The minimum atomic E-state index is -1.19. The first kappa shape index (κ1) is 12.4. The normalized spacial score (nSPS) is 10.3. The van der Waals surface area contributed by atoms with E-state index in [1.165, 1.54) is 18.2 Å². The second-order valence-corrected chi connectivity index (χ2v) is 4.07. The summed E-state index contributed by atoms with van der Waals surface area (Å²) < 4.78 is 13.2. The highest BCUT2D eigenvalue weighted by molar-refractivity contribution is 6.33. The molecule has 0 aliphatic carbocycles. The van der Waals surface area contributed by atoms with Crippen LogP contribution in [0.2, 0.25) is 5.02 Å². The number of carboxylic acids is 1. The molecule has 0 saturated heterocycles. The van der Waals surface area contributed by atoms with Gasteiger partial charge in [-0.15, -0.1) is 0 Å². The molecule has 3 nitrogen and oxygen atoms in total. The van der Waals surface area contributed by atoms with E-state index in [-0.39, 0.29) is 27.5 Å². The van der Waals surface area contributed by atoms with Crippen molar-refractivity contribution in [3.05, 3.63) is 52.8 Å². The molecule has 0 heterocycles. The molecule has 0 unspecified atom stereocenters. The van der Waals surface area contributed by atoms with Gasteiger partial charge in [-0.3, -0.25) is 0 Å². The number of aromatic hydroxyl groups is 1. The Labute approximate surface area is 107 Å². The van der Waals surface area contributed by atoms with Crippen LogP contribution in [0.25, 0.3) is 11.1 Å². The second-order valence-electron chi connectivity index (χ2n) is 3.66. The third-order valence-corrected chi connectivity index (χ3v) is 2.78. The third kappa shape index (κ3) is 2.28. The van der Waals surface area contributed by atoms with Crippen molar-refractivity contribution in [2.75, 3.05) is 0 Å². The van der Waals surface area contributed by atoms with Crippen molar-refractivity contribution in [2.24, 2.45) is 0 Å². The Kier molecular flexibility index (Phi) is 3.21. The lowest BCUT2D eigenvalue weighted by Crippen LogP contribution is -2.00. The van der Waals surface area contributed by atoms with Crippen LogP contribution in [-0.2, 0) is 0 Å². The average Bonchev–Trinajstić information content (AvgIpc) is 2.31. The van der Waals surface area contributed by atoms with E-state index in [1.807, 2.05) is 0 Å². The first-order chi connectivity index (χ1) is 8.49. The first-order valence-electron chi connectivity index (χ1n) is 5.01. The number of halogens is 2. The zero-order valence-corrected chi connectivity index (χ0v) is 9.78. The van der Waals surface area contributed by atoms with Crippen molar-refractivity contribution in [2.45, 2.75) is 0 Å². The van der Waals surface area contributed by atoms with Crippen LogP contribution in [0.4, 0.5) is 4.39 Å². The summed E-state index contributed by atoms with van der Waals surface area (Å²) >= 11 is 5.93. The van der Waals surface area contributed by atoms with Gasteiger partial charge in [0.15, 0.2) is 0 Å². The van der Waals surface area contributed by atoms with Crippen LogP contribution in [0, 0.1) is 5.82 Å². The topological polar surface area (TPSA) is 57.5 Å². The summed E-state index contributed by atoms with van der Waals surface area (Å²) in [7, 11) is 0. The van der Waals surface area contributed by atoms with Crippen molar-refractivity contribution in [3.63, 3.8) is 0 Å². The highest BCUT2D eigenvalue weighted by atomic mass is 35.5. The number of phenols is 1. The number of carbonyl (C=O) groups is 1. The summed E-state index contributed by atoms with van der Waals surface area (Å²) in [5.41, 5.74) is 0.320. The van der Waals surface area contributed by atoms with Crippen LogP contribution in [0.5, 0.6) is 5.75 Å². The van der Waals surface area contributed by atoms with Gasteiger partial charge < -0.3 is 10.2 Å². The molecule has 0 aliphatic rings. The maximum Gasteiger partial charge on any atom is 0.336 e. The maximum absolute atomic E-state index is 13.2. The van der Waals surface area contributed by atoms with Gasteiger partial charge in [-0.05, 0) is 36.4 Å². The van der Waals surface area contributed by atoms with Gasteiger partial charge in [0.1, 0.15) is 11.6 Å². The maximum atomic E-state index is 13.2. The smallest absolute Gasteiger partial charge is 0.336 e. The fourth-order valence-electron chi connectivity index (χ4n) is 1.65. The number of hydrogen-bond acceptors (Lipinski definition) is 2. The largest absolute Gasteiger partial charge is 0.508 e. The summed E-state index contributed by atoms with van der Waals surface area (Å²) in [6.45, 7) is 0. The fraction of sp³-hybridized carbons (Fsp3) is 0. The second kappa shape index (κ2) is 4.66. The molecule has 5 heteroatoms. The molecule has 0 spiro atoms. The Hall–Kier alpha value is -2.07. The molecule has 0 aliphatic heterocycles. The van der Waals surface area contributed by atoms with Gasteiger partial charge in [0.25, 0.3) is 0 Å². The zero-order valence-electron chi connectivity index (χ0n) is 9.02. The molecule has 0 atom stereocenters. The number of benzene rings is 2. The molecule has 92 valence electrons. The van der Waals surface area contributed by atoms with Crippen LogP contribution in [0.15, 0.2) is 36.4 Å². The summed E-state index contributed by atoms with van der Waals surface area (Å²) in [5.74, 6) is -1.84. The van der Waals surface area contributed by atoms with E-state index in [1.54, 1.807) is 0 Å². The predicted octanol–water partition coefficient (Wildman–Crippen LogP) is 3.55. The average molecular weight is 267 g/mol. The van der Waals surface area contributed by atoms with Crippen molar-refractivity contribution < 1.29 is 19.4 Å². The molecule has 0 radical (unpaired) electrons. The molecule has 18 heavy (non-hydrogen) atoms. The lowest BCUT2D eigenvalue weighted by molar-refractivity contribution is 0.0697. The highest BCUT2D eigenvalue weighted by Gasteiger charge is 2.15. The number of hydrogen-bond donors (Lipinski definition) is 2. The third-order valence-electron chi connectivity index (χ3n) is 2.45. The summed E-state index contributed by atoms with van der Waals surface area (Å²) in [4.78, 5) is 11.1. The number of phenolic OH excluding ortho intramolecular Hbond substituents is 1. The highest BCUT2D eigenvalue weighted by Crippen LogP contribution is 2.33. The van der Waals surface area contributed by atoms with E-state index in [9.17, 15) is 14.3 Å². The molecule has 2 aromatic rings. The van der Waals surface area contributed by atoms with Crippen molar-refractivity contribution >= 4 is 17.6 Å². The molecule has 0 amide bonds. The standard InChI is InChI=1S/C13H8ClFO3/c14-12-4-2-8(16)6-11(12)10-5-7(15)1-3-9(10)13(17)18/h1-6,16H,(H,17,18). The molecular formula is C13H8ClFO3. The lowest BCUT2D eigenvalue weighted by atomic mass is 9.99. The summed E-state index contributed by atoms with van der Waals surface area (Å²) in [6.07, 6.45) is 0. The van der Waals surface area contributed by atoms with Crippen molar-refractivity contribution in [1.29, 1.82) is 0 Å². The Bertz CT molecular complexity index is 626. The van der Waals surface area contributed by atoms with Crippen LogP contribution in [0.3, 0.4) is 0 Å². The van der Waals surface area contributed by atoms with Crippen LogP contribution in [-0.4, -0.2) is 16.2 Å². The number of aromatic carboxylic acids is 1. The fourth-order valence-corrected chi connectivity index (χ4v) is 1.86. The lowest BCUT2D eigenvalue weighted by Gasteiger charge is -2.09. The van der Waals surface area contributed by atoms with Gasteiger partial charge in [0, 0.05) is 16.1 Å². The first-order valence-corrected chi connectivity index (χ1v) is 5.38. The quantitative estimate of drug-likeness (QED) is 0.874. The summed E-state index contributed by atoms with van der Waals surface area (Å²) in [5, 5.41) is 18.7.